The number of benzene rings is 1. The Bertz CT molecular complexity index is 556. The van der Waals surface area contributed by atoms with E-state index in [2.05, 4.69) is 0 Å². The summed E-state index contributed by atoms with van der Waals surface area (Å²) in [5.74, 6) is 0. The summed E-state index contributed by atoms with van der Waals surface area (Å²) < 4.78 is 25.4. The largest absolute Gasteiger partial charge is 0.397 e. The smallest absolute Gasteiger partial charge is 0.271 e. The van der Waals surface area contributed by atoms with Crippen LogP contribution < -0.4 is 5.73 Å². The average molecular weight is 273 g/mol. The Hall–Kier alpha value is -1.67. The number of nitrogens with zero attached hydrogens (tertiary/aromatic N) is 2. The van der Waals surface area contributed by atoms with Crippen molar-refractivity contribution in [1.29, 1.82) is 0 Å². The maximum atomic E-state index is 12.1. The minimum absolute atomic E-state index is 0.107. The molecule has 0 aliphatic rings. The van der Waals surface area contributed by atoms with Gasteiger partial charge in [0.25, 0.3) is 5.69 Å². The summed E-state index contributed by atoms with van der Waals surface area (Å²) in [7, 11) is -2.24. The van der Waals surface area contributed by atoms with Crippen LogP contribution in [0.4, 0.5) is 11.4 Å². The van der Waals surface area contributed by atoms with Gasteiger partial charge in [-0.25, -0.2) is 12.7 Å². The highest BCUT2D eigenvalue weighted by Crippen LogP contribution is 2.25. The molecule has 100 valence electrons. The predicted octanol–water partition coefficient (Wildman–Crippen LogP) is 1.21. The highest BCUT2D eigenvalue weighted by Gasteiger charge is 2.24. The molecule has 1 aromatic rings. The summed E-state index contributed by atoms with van der Waals surface area (Å²) in [5, 5.41) is 10.5. The van der Waals surface area contributed by atoms with Gasteiger partial charge in [-0.3, -0.25) is 10.1 Å². The number of nitrogens with two attached hydrogens (primary N) is 1. The Kier molecular flexibility index (Phi) is 4.25. The van der Waals surface area contributed by atoms with Crippen molar-refractivity contribution in [2.45, 2.75) is 18.2 Å². The number of hydrogen-bond acceptors (Lipinski definition) is 5. The molecule has 0 unspecified atom stereocenters. The van der Waals surface area contributed by atoms with Gasteiger partial charge in [-0.2, -0.15) is 0 Å². The van der Waals surface area contributed by atoms with Gasteiger partial charge in [0, 0.05) is 25.7 Å². The van der Waals surface area contributed by atoms with Gasteiger partial charge in [-0.05, 0) is 12.5 Å². The number of rotatable bonds is 5. The monoisotopic (exact) mass is 273 g/mol. The fourth-order valence-electron chi connectivity index (χ4n) is 1.49. The third kappa shape index (κ3) is 2.77. The first-order chi connectivity index (χ1) is 8.30. The van der Waals surface area contributed by atoms with Crippen LogP contribution >= 0.6 is 0 Å². The van der Waals surface area contributed by atoms with Gasteiger partial charge in [0.2, 0.25) is 10.0 Å². The van der Waals surface area contributed by atoms with Gasteiger partial charge >= 0.3 is 0 Å². The highest BCUT2D eigenvalue weighted by molar-refractivity contribution is 7.89. The van der Waals surface area contributed by atoms with E-state index in [9.17, 15) is 18.5 Å². The van der Waals surface area contributed by atoms with Crippen molar-refractivity contribution in [1.82, 2.24) is 4.31 Å². The molecule has 0 fully saturated rings. The number of hydrogen-bond donors (Lipinski definition) is 1. The summed E-state index contributed by atoms with van der Waals surface area (Å²) in [6.45, 7) is 2.21. The first-order valence-corrected chi connectivity index (χ1v) is 6.75. The molecule has 0 atom stereocenters. The van der Waals surface area contributed by atoms with E-state index >= 15 is 0 Å². The van der Waals surface area contributed by atoms with Gasteiger partial charge in [0.1, 0.15) is 4.90 Å². The van der Waals surface area contributed by atoms with Crippen molar-refractivity contribution in [2.75, 3.05) is 19.3 Å². The Morgan fingerprint density at radius 3 is 2.50 bits per heavy atom. The molecular weight excluding hydrogens is 258 g/mol. The van der Waals surface area contributed by atoms with Crippen LogP contribution in [0.2, 0.25) is 0 Å². The average Bonchev–Trinajstić information content (AvgIpc) is 2.28. The SMILES string of the molecule is CCCN(C)S(=O)(=O)c1ccc([N+](=O)[O-])cc1N. The number of sulfonamides is 1. The maximum Gasteiger partial charge on any atom is 0.271 e. The zero-order valence-corrected chi connectivity index (χ0v) is 11.0. The van der Waals surface area contributed by atoms with E-state index in [-0.39, 0.29) is 16.3 Å². The topological polar surface area (TPSA) is 107 Å². The van der Waals surface area contributed by atoms with Crippen molar-refractivity contribution in [3.05, 3.63) is 28.3 Å². The van der Waals surface area contributed by atoms with Gasteiger partial charge in [-0.1, -0.05) is 6.92 Å². The zero-order valence-electron chi connectivity index (χ0n) is 10.2. The molecule has 0 radical (unpaired) electrons. The van der Waals surface area contributed by atoms with Crippen molar-refractivity contribution in [2.24, 2.45) is 0 Å². The van der Waals surface area contributed by atoms with E-state index in [4.69, 9.17) is 5.73 Å². The molecule has 0 aromatic heterocycles. The van der Waals surface area contributed by atoms with Gasteiger partial charge in [-0.15, -0.1) is 0 Å². The lowest BCUT2D eigenvalue weighted by Gasteiger charge is -2.17. The first kappa shape index (κ1) is 14.4. The fraction of sp³-hybridized carbons (Fsp3) is 0.400. The van der Waals surface area contributed by atoms with Crippen molar-refractivity contribution in [3.63, 3.8) is 0 Å². The molecule has 18 heavy (non-hydrogen) atoms. The van der Waals surface area contributed by atoms with Crippen LogP contribution in [0.1, 0.15) is 13.3 Å². The van der Waals surface area contributed by atoms with Crippen molar-refractivity contribution >= 4 is 21.4 Å². The molecule has 8 heteroatoms. The molecule has 0 spiro atoms. The lowest BCUT2D eigenvalue weighted by atomic mass is 10.3. The number of nitro groups is 1. The van der Waals surface area contributed by atoms with E-state index in [1.807, 2.05) is 6.92 Å². The molecule has 2 N–H and O–H groups in total. The summed E-state index contributed by atoms with van der Waals surface area (Å²) in [6, 6.07) is 3.34. The molecule has 0 saturated heterocycles. The van der Waals surface area contributed by atoms with E-state index in [0.29, 0.717) is 13.0 Å². The lowest BCUT2D eigenvalue weighted by Crippen LogP contribution is -2.28. The first-order valence-electron chi connectivity index (χ1n) is 5.31. The van der Waals surface area contributed by atoms with E-state index in [0.717, 1.165) is 18.2 Å². The number of nitro benzene ring substituents is 1. The second kappa shape index (κ2) is 5.32. The van der Waals surface area contributed by atoms with Gasteiger partial charge in [0.05, 0.1) is 10.6 Å². The number of anilines is 1. The second-order valence-corrected chi connectivity index (χ2v) is 5.82. The number of nitrogen functional groups attached to an aromatic ring is 1. The summed E-state index contributed by atoms with van der Waals surface area (Å²) in [5.41, 5.74) is 5.22. The Balaban J connectivity index is 3.22. The Morgan fingerprint density at radius 2 is 2.06 bits per heavy atom. The lowest BCUT2D eigenvalue weighted by molar-refractivity contribution is -0.384. The molecule has 0 bridgehead atoms. The van der Waals surface area contributed by atoms with Crippen LogP contribution in [0.3, 0.4) is 0 Å². The minimum atomic E-state index is -3.69. The summed E-state index contributed by atoms with van der Waals surface area (Å²) in [6.07, 6.45) is 0.669. The van der Waals surface area contributed by atoms with E-state index in [1.54, 1.807) is 0 Å². The molecule has 1 rings (SSSR count). The van der Waals surface area contributed by atoms with E-state index in [1.165, 1.54) is 11.4 Å². The molecule has 0 amide bonds. The van der Waals surface area contributed by atoms with Crippen LogP contribution in [-0.2, 0) is 10.0 Å². The van der Waals surface area contributed by atoms with E-state index < -0.39 is 14.9 Å². The molecular formula is C10H15N3O4S. The molecule has 0 aliphatic heterocycles. The molecule has 0 saturated carbocycles. The second-order valence-electron chi connectivity index (χ2n) is 3.81. The minimum Gasteiger partial charge on any atom is -0.397 e. The Labute approximate surface area is 105 Å². The van der Waals surface area contributed by atoms with Gasteiger partial charge < -0.3 is 5.73 Å². The summed E-state index contributed by atoms with van der Waals surface area (Å²) in [4.78, 5) is 9.81. The van der Waals surface area contributed by atoms with Crippen LogP contribution in [0.15, 0.2) is 23.1 Å². The van der Waals surface area contributed by atoms with Gasteiger partial charge in [0.15, 0.2) is 0 Å². The maximum absolute atomic E-state index is 12.1. The van der Waals surface area contributed by atoms with Crippen molar-refractivity contribution < 1.29 is 13.3 Å². The third-order valence-electron chi connectivity index (χ3n) is 2.43. The Morgan fingerprint density at radius 1 is 1.44 bits per heavy atom. The fourth-order valence-corrected chi connectivity index (χ4v) is 2.84. The van der Waals surface area contributed by atoms with Crippen LogP contribution in [0.25, 0.3) is 0 Å². The quantitative estimate of drug-likeness (QED) is 0.493. The highest BCUT2D eigenvalue weighted by atomic mass is 32.2. The zero-order chi connectivity index (χ0) is 13.9. The molecule has 0 aliphatic carbocycles. The van der Waals surface area contributed by atoms with Crippen molar-refractivity contribution in [3.8, 4) is 0 Å². The molecule has 7 nitrogen and oxygen atoms in total. The predicted molar refractivity (Wildman–Crippen MR) is 67.6 cm³/mol. The standard InChI is InChI=1S/C10H15N3O4S/c1-3-6-12(2)18(16,17)10-5-4-8(13(14)15)7-9(10)11/h4-5,7H,3,6,11H2,1-2H3. The number of non-ortho nitro benzene ring substituents is 1. The third-order valence-corrected chi connectivity index (χ3v) is 4.36. The van der Waals surface area contributed by atoms with Crippen LogP contribution in [-0.4, -0.2) is 31.2 Å². The normalized spacial score (nSPS) is 11.7. The van der Waals surface area contributed by atoms with Crippen LogP contribution in [0.5, 0.6) is 0 Å². The van der Waals surface area contributed by atoms with Crippen LogP contribution in [0, 0.1) is 10.1 Å². The molecule has 1 aromatic carbocycles. The summed E-state index contributed by atoms with van der Waals surface area (Å²) >= 11 is 0. The molecule has 0 heterocycles.